The summed E-state index contributed by atoms with van der Waals surface area (Å²) < 4.78 is 5.50. The van der Waals surface area contributed by atoms with Gasteiger partial charge in [-0.05, 0) is 57.8 Å². The number of nitrogens with one attached hydrogen (secondary N) is 1. The van der Waals surface area contributed by atoms with Gasteiger partial charge in [-0.25, -0.2) is 0 Å². The van der Waals surface area contributed by atoms with Crippen molar-refractivity contribution in [1.29, 1.82) is 0 Å². The smallest absolute Gasteiger partial charge is 0.305 e. The van der Waals surface area contributed by atoms with E-state index in [4.69, 9.17) is 4.74 Å². The lowest BCUT2D eigenvalue weighted by molar-refractivity contribution is -0.143. The number of carbonyl (C=O) groups excluding carboxylic acids is 2. The SMILES string of the molecule is CCCCCCCCCCCCCCCCCCCCCCCC/C=C/C(O)C(CO)NC(=O)CCCCCCCCCCCCCCC/C=C\CCCCCCCCCCCCCCOC(=O)CCCCCCCCCCCCCCCC. The molecule has 0 saturated heterocycles. The summed E-state index contributed by atoms with van der Waals surface area (Å²) in [5.74, 6) is -0.0426. The summed E-state index contributed by atoms with van der Waals surface area (Å²) in [6.45, 7) is 4.96. The van der Waals surface area contributed by atoms with Crippen molar-refractivity contribution in [3.05, 3.63) is 24.3 Å². The maximum absolute atomic E-state index is 12.5. The van der Waals surface area contributed by atoms with Crippen LogP contribution in [0.4, 0.5) is 0 Å². The largest absolute Gasteiger partial charge is 0.466 e. The van der Waals surface area contributed by atoms with Gasteiger partial charge in [-0.2, -0.15) is 0 Å². The molecule has 6 nitrogen and oxygen atoms in total. The molecule has 2 atom stereocenters. The summed E-state index contributed by atoms with van der Waals surface area (Å²) in [6, 6.07) is -0.629. The number of amides is 1. The molecular formula is C78H151NO5. The molecule has 0 aromatic carbocycles. The zero-order valence-electron chi connectivity index (χ0n) is 57.2. The van der Waals surface area contributed by atoms with Crippen LogP contribution in [0.2, 0.25) is 0 Å². The third-order valence-electron chi connectivity index (χ3n) is 18.2. The van der Waals surface area contributed by atoms with Crippen LogP contribution in [0.5, 0.6) is 0 Å². The zero-order chi connectivity index (χ0) is 60.6. The van der Waals surface area contributed by atoms with Gasteiger partial charge in [0.25, 0.3) is 0 Å². The number of hydrogen-bond donors (Lipinski definition) is 3. The number of unbranched alkanes of at least 4 members (excludes halogenated alkanes) is 60. The van der Waals surface area contributed by atoms with E-state index < -0.39 is 12.1 Å². The summed E-state index contributed by atoms with van der Waals surface area (Å²) in [5, 5.41) is 23.3. The van der Waals surface area contributed by atoms with Gasteiger partial charge in [-0.3, -0.25) is 9.59 Å². The minimum absolute atomic E-state index is 0.0194. The number of aliphatic hydroxyl groups excluding tert-OH is 2. The molecule has 498 valence electrons. The molecule has 0 aliphatic heterocycles. The molecule has 0 aromatic heterocycles. The highest BCUT2D eigenvalue weighted by Crippen LogP contribution is 2.20. The van der Waals surface area contributed by atoms with Gasteiger partial charge in [-0.1, -0.05) is 391 Å². The molecule has 0 heterocycles. The van der Waals surface area contributed by atoms with E-state index in [1.807, 2.05) is 6.08 Å². The average Bonchev–Trinajstić information content (AvgIpc) is 3.51. The third-order valence-corrected chi connectivity index (χ3v) is 18.2. The summed E-state index contributed by atoms with van der Waals surface area (Å²) >= 11 is 0. The van der Waals surface area contributed by atoms with Crippen molar-refractivity contribution in [3.8, 4) is 0 Å². The van der Waals surface area contributed by atoms with E-state index in [1.54, 1.807) is 6.08 Å². The Hall–Kier alpha value is -1.66. The maximum atomic E-state index is 12.5. The van der Waals surface area contributed by atoms with E-state index in [2.05, 4.69) is 31.3 Å². The number of esters is 1. The highest BCUT2D eigenvalue weighted by atomic mass is 16.5. The van der Waals surface area contributed by atoms with E-state index in [0.29, 0.717) is 19.4 Å². The molecule has 0 rings (SSSR count). The fourth-order valence-electron chi connectivity index (χ4n) is 12.3. The van der Waals surface area contributed by atoms with Gasteiger partial charge in [0.2, 0.25) is 5.91 Å². The summed E-state index contributed by atoms with van der Waals surface area (Å²) in [4.78, 5) is 24.6. The number of rotatable bonds is 73. The van der Waals surface area contributed by atoms with Crippen LogP contribution in [0.1, 0.15) is 438 Å². The van der Waals surface area contributed by atoms with Crippen LogP contribution in [0.15, 0.2) is 24.3 Å². The molecule has 0 aromatic rings. The molecular weight excluding hydrogens is 1030 g/mol. The lowest BCUT2D eigenvalue weighted by Gasteiger charge is -2.20. The number of aliphatic hydroxyl groups is 2. The van der Waals surface area contributed by atoms with Crippen LogP contribution >= 0.6 is 0 Å². The third kappa shape index (κ3) is 69.4. The Labute approximate surface area is 526 Å². The Morgan fingerprint density at radius 3 is 0.845 bits per heavy atom. The first-order valence-corrected chi connectivity index (χ1v) is 38.6. The molecule has 0 aliphatic rings. The van der Waals surface area contributed by atoms with Gasteiger partial charge in [0.1, 0.15) is 0 Å². The second kappa shape index (κ2) is 73.8. The van der Waals surface area contributed by atoms with Crippen LogP contribution in [-0.2, 0) is 14.3 Å². The van der Waals surface area contributed by atoms with Crippen LogP contribution in [0.3, 0.4) is 0 Å². The fourth-order valence-corrected chi connectivity index (χ4v) is 12.3. The summed E-state index contributed by atoms with van der Waals surface area (Å²) in [6.07, 6.45) is 94.3. The van der Waals surface area contributed by atoms with E-state index in [0.717, 1.165) is 38.5 Å². The normalized spacial score (nSPS) is 12.6. The highest BCUT2D eigenvalue weighted by molar-refractivity contribution is 5.76. The van der Waals surface area contributed by atoms with Crippen molar-refractivity contribution >= 4 is 11.9 Å². The predicted octanol–water partition coefficient (Wildman–Crippen LogP) is 25.3. The van der Waals surface area contributed by atoms with Gasteiger partial charge < -0.3 is 20.3 Å². The maximum Gasteiger partial charge on any atom is 0.305 e. The minimum Gasteiger partial charge on any atom is -0.466 e. The highest BCUT2D eigenvalue weighted by Gasteiger charge is 2.18. The number of ether oxygens (including phenoxy) is 1. The number of hydrogen-bond acceptors (Lipinski definition) is 5. The monoisotopic (exact) mass is 1180 g/mol. The van der Waals surface area contributed by atoms with Gasteiger partial charge in [0.05, 0.1) is 25.4 Å². The van der Waals surface area contributed by atoms with E-state index in [-0.39, 0.29) is 18.5 Å². The van der Waals surface area contributed by atoms with Crippen LogP contribution in [0.25, 0.3) is 0 Å². The molecule has 1 amide bonds. The molecule has 2 unspecified atom stereocenters. The molecule has 0 saturated carbocycles. The standard InChI is InChI=1S/C78H151NO5/c1-3-5-7-9-11-13-15-17-19-20-21-22-23-31-34-37-40-43-46-50-54-58-62-66-70-76(81)75(74-80)79-77(82)71-67-63-59-55-51-47-44-41-38-35-32-29-27-25-24-26-28-30-33-36-39-42-45-49-53-57-61-65-69-73-84-78(83)72-68-64-60-56-52-48-18-16-14-12-10-8-6-4-2/h24,26,66,70,75-76,80-81H,3-23,25,27-65,67-69,71-74H2,1-2H3,(H,79,82)/b26-24-,70-66+. The number of allylic oxidation sites excluding steroid dienone is 3. The minimum atomic E-state index is -0.845. The lowest BCUT2D eigenvalue weighted by atomic mass is 10.0. The Morgan fingerprint density at radius 2 is 0.560 bits per heavy atom. The van der Waals surface area contributed by atoms with Gasteiger partial charge >= 0.3 is 5.97 Å². The van der Waals surface area contributed by atoms with Crippen molar-refractivity contribution in [2.24, 2.45) is 0 Å². The Balaban J connectivity index is 3.39. The van der Waals surface area contributed by atoms with E-state index >= 15 is 0 Å². The van der Waals surface area contributed by atoms with Crippen molar-refractivity contribution in [2.45, 2.75) is 450 Å². The zero-order valence-corrected chi connectivity index (χ0v) is 57.2. The van der Waals surface area contributed by atoms with Crippen molar-refractivity contribution in [3.63, 3.8) is 0 Å². The molecule has 0 aliphatic carbocycles. The first-order chi connectivity index (χ1) is 41.5. The first kappa shape index (κ1) is 82.3. The first-order valence-electron chi connectivity index (χ1n) is 38.6. The second-order valence-corrected chi connectivity index (χ2v) is 26.7. The Morgan fingerprint density at radius 1 is 0.321 bits per heavy atom. The molecule has 0 fully saturated rings. The number of carbonyl (C=O) groups is 2. The molecule has 0 radical (unpaired) electrons. The van der Waals surface area contributed by atoms with Crippen LogP contribution in [-0.4, -0.2) is 47.4 Å². The molecule has 84 heavy (non-hydrogen) atoms. The molecule has 6 heteroatoms. The Kier molecular flexibility index (Phi) is 72.3. The van der Waals surface area contributed by atoms with Crippen LogP contribution in [0, 0.1) is 0 Å². The quantitative estimate of drug-likeness (QED) is 0.0320. The second-order valence-electron chi connectivity index (χ2n) is 26.7. The van der Waals surface area contributed by atoms with E-state index in [1.165, 1.54) is 372 Å². The van der Waals surface area contributed by atoms with Gasteiger partial charge in [-0.15, -0.1) is 0 Å². The lowest BCUT2D eigenvalue weighted by Crippen LogP contribution is -2.45. The summed E-state index contributed by atoms with van der Waals surface area (Å²) in [5.41, 5.74) is 0. The molecule has 0 spiro atoms. The topological polar surface area (TPSA) is 95.9 Å². The Bertz CT molecular complexity index is 1320. The van der Waals surface area contributed by atoms with Crippen molar-refractivity contribution in [2.75, 3.05) is 13.2 Å². The average molecular weight is 1180 g/mol. The van der Waals surface area contributed by atoms with Crippen molar-refractivity contribution < 1.29 is 24.5 Å². The van der Waals surface area contributed by atoms with E-state index in [9.17, 15) is 19.8 Å². The molecule has 3 N–H and O–H groups in total. The molecule has 0 bridgehead atoms. The summed E-state index contributed by atoms with van der Waals surface area (Å²) in [7, 11) is 0. The van der Waals surface area contributed by atoms with Gasteiger partial charge in [0, 0.05) is 12.8 Å². The fraction of sp³-hybridized carbons (Fsp3) is 0.923. The van der Waals surface area contributed by atoms with Gasteiger partial charge in [0.15, 0.2) is 0 Å². The predicted molar refractivity (Wildman–Crippen MR) is 370 cm³/mol. The van der Waals surface area contributed by atoms with Crippen LogP contribution < -0.4 is 5.32 Å². The van der Waals surface area contributed by atoms with Crippen molar-refractivity contribution in [1.82, 2.24) is 5.32 Å².